The summed E-state index contributed by atoms with van der Waals surface area (Å²) in [5.41, 5.74) is 1.97. The number of piperidine rings is 1. The molecule has 1 aliphatic heterocycles. The van der Waals surface area contributed by atoms with Gasteiger partial charge in [-0.1, -0.05) is 29.8 Å². The molecule has 130 valence electrons. The van der Waals surface area contributed by atoms with Crippen molar-refractivity contribution >= 4 is 10.0 Å². The molecule has 0 amide bonds. The van der Waals surface area contributed by atoms with Gasteiger partial charge in [0.15, 0.2) is 0 Å². The highest BCUT2D eigenvalue weighted by atomic mass is 32.2. The second-order valence-corrected chi connectivity index (χ2v) is 8.18. The van der Waals surface area contributed by atoms with Crippen LogP contribution in [0.3, 0.4) is 0 Å². The van der Waals surface area contributed by atoms with E-state index < -0.39 is 10.0 Å². The molecule has 1 heterocycles. The maximum atomic E-state index is 12.2. The highest BCUT2D eigenvalue weighted by Gasteiger charge is 2.21. The predicted octanol–water partition coefficient (Wildman–Crippen LogP) is 1.77. The van der Waals surface area contributed by atoms with Gasteiger partial charge in [0.2, 0.25) is 10.0 Å². The van der Waals surface area contributed by atoms with Gasteiger partial charge in [-0.25, -0.2) is 13.1 Å². The van der Waals surface area contributed by atoms with Crippen LogP contribution in [0.15, 0.2) is 24.3 Å². The molecule has 0 aromatic heterocycles. The second kappa shape index (κ2) is 8.78. The first-order chi connectivity index (χ1) is 11.0. The van der Waals surface area contributed by atoms with E-state index in [9.17, 15) is 8.42 Å². The Morgan fingerprint density at radius 1 is 1.22 bits per heavy atom. The van der Waals surface area contributed by atoms with Gasteiger partial charge in [0.05, 0.1) is 12.4 Å². The summed E-state index contributed by atoms with van der Waals surface area (Å²) in [6.45, 7) is 6.31. The standard InChI is InChI=1S/C17H28N2O3S/c1-15-3-5-17(6-4-15)14-23(20,21)18-13-16-7-9-19(10-8-16)11-12-22-2/h3-6,16,18H,7-14H2,1-2H3. The Morgan fingerprint density at radius 2 is 1.87 bits per heavy atom. The SMILES string of the molecule is COCCN1CCC(CNS(=O)(=O)Cc2ccc(C)cc2)CC1. The Balaban J connectivity index is 1.73. The van der Waals surface area contributed by atoms with Crippen molar-refractivity contribution in [3.8, 4) is 0 Å². The van der Waals surface area contributed by atoms with Gasteiger partial charge >= 0.3 is 0 Å². The predicted molar refractivity (Wildman–Crippen MR) is 92.8 cm³/mol. The average Bonchev–Trinajstić information content (AvgIpc) is 2.54. The number of benzene rings is 1. The Labute approximate surface area is 140 Å². The summed E-state index contributed by atoms with van der Waals surface area (Å²) in [6, 6.07) is 7.65. The van der Waals surface area contributed by atoms with E-state index in [-0.39, 0.29) is 5.75 Å². The molecule has 1 saturated heterocycles. The molecule has 1 N–H and O–H groups in total. The lowest BCUT2D eigenvalue weighted by atomic mass is 9.97. The number of hydrogen-bond acceptors (Lipinski definition) is 4. The van der Waals surface area contributed by atoms with Crippen molar-refractivity contribution in [3.63, 3.8) is 0 Å². The fourth-order valence-electron chi connectivity index (χ4n) is 2.83. The van der Waals surface area contributed by atoms with Crippen molar-refractivity contribution in [2.24, 2.45) is 5.92 Å². The van der Waals surface area contributed by atoms with Crippen LogP contribution >= 0.6 is 0 Å². The molecule has 0 bridgehead atoms. The molecule has 5 nitrogen and oxygen atoms in total. The van der Waals surface area contributed by atoms with E-state index in [1.165, 1.54) is 0 Å². The number of sulfonamides is 1. The smallest absolute Gasteiger partial charge is 0.215 e. The fourth-order valence-corrected chi connectivity index (χ4v) is 4.06. The first kappa shape index (κ1) is 18.4. The summed E-state index contributed by atoms with van der Waals surface area (Å²) in [7, 11) is -1.54. The van der Waals surface area contributed by atoms with Crippen molar-refractivity contribution in [2.75, 3.05) is 39.9 Å². The molecule has 0 spiro atoms. The molecule has 2 rings (SSSR count). The molecule has 0 radical (unpaired) electrons. The number of hydrogen-bond donors (Lipinski definition) is 1. The average molecular weight is 340 g/mol. The summed E-state index contributed by atoms with van der Waals surface area (Å²) >= 11 is 0. The Morgan fingerprint density at radius 3 is 2.48 bits per heavy atom. The van der Waals surface area contributed by atoms with E-state index in [2.05, 4.69) is 9.62 Å². The molecule has 1 aromatic rings. The molecular weight excluding hydrogens is 312 g/mol. The van der Waals surface area contributed by atoms with Crippen LogP contribution in [-0.4, -0.2) is 53.2 Å². The molecule has 0 aliphatic carbocycles. The topological polar surface area (TPSA) is 58.6 Å². The van der Waals surface area contributed by atoms with E-state index in [1.54, 1.807) is 7.11 Å². The summed E-state index contributed by atoms with van der Waals surface area (Å²) in [5.74, 6) is 0.488. The molecule has 0 unspecified atom stereocenters. The summed E-state index contributed by atoms with van der Waals surface area (Å²) in [6.07, 6.45) is 2.08. The molecule has 1 fully saturated rings. The van der Waals surface area contributed by atoms with Crippen molar-refractivity contribution in [3.05, 3.63) is 35.4 Å². The van der Waals surface area contributed by atoms with E-state index >= 15 is 0 Å². The van der Waals surface area contributed by atoms with Crippen LogP contribution in [0, 0.1) is 12.8 Å². The van der Waals surface area contributed by atoms with E-state index in [0.29, 0.717) is 12.5 Å². The maximum absolute atomic E-state index is 12.2. The minimum atomic E-state index is -3.26. The lowest BCUT2D eigenvalue weighted by Crippen LogP contribution is -2.40. The van der Waals surface area contributed by atoms with Gasteiger partial charge in [0, 0.05) is 20.2 Å². The zero-order valence-electron chi connectivity index (χ0n) is 14.1. The molecule has 23 heavy (non-hydrogen) atoms. The Bertz CT molecular complexity index is 564. The van der Waals surface area contributed by atoms with Gasteiger partial charge < -0.3 is 9.64 Å². The quantitative estimate of drug-likeness (QED) is 0.784. The Hall–Kier alpha value is -0.950. The number of nitrogens with one attached hydrogen (secondary N) is 1. The molecule has 6 heteroatoms. The third-order valence-corrected chi connectivity index (χ3v) is 5.71. The molecule has 0 saturated carbocycles. The lowest BCUT2D eigenvalue weighted by Gasteiger charge is -2.31. The van der Waals surface area contributed by atoms with Gasteiger partial charge in [-0.3, -0.25) is 0 Å². The van der Waals surface area contributed by atoms with E-state index in [1.807, 2.05) is 31.2 Å². The van der Waals surface area contributed by atoms with Crippen molar-refractivity contribution in [1.29, 1.82) is 0 Å². The Kier molecular flexibility index (Phi) is 7.02. The van der Waals surface area contributed by atoms with Gasteiger partial charge in [-0.05, 0) is 44.3 Å². The first-order valence-corrected chi connectivity index (χ1v) is 9.88. The monoisotopic (exact) mass is 340 g/mol. The van der Waals surface area contributed by atoms with Gasteiger partial charge in [-0.15, -0.1) is 0 Å². The molecule has 0 atom stereocenters. The van der Waals surface area contributed by atoms with Crippen LogP contribution in [0.25, 0.3) is 0 Å². The highest BCUT2D eigenvalue weighted by molar-refractivity contribution is 7.88. The number of ether oxygens (including phenoxy) is 1. The van der Waals surface area contributed by atoms with E-state index in [4.69, 9.17) is 4.74 Å². The zero-order chi connectivity index (χ0) is 16.7. The third-order valence-electron chi connectivity index (χ3n) is 4.39. The highest BCUT2D eigenvalue weighted by Crippen LogP contribution is 2.16. The number of nitrogens with zero attached hydrogens (tertiary/aromatic N) is 1. The largest absolute Gasteiger partial charge is 0.383 e. The third kappa shape index (κ3) is 6.59. The zero-order valence-corrected chi connectivity index (χ0v) is 14.9. The van der Waals surface area contributed by atoms with Crippen LogP contribution in [0.1, 0.15) is 24.0 Å². The molecule has 1 aliphatic rings. The second-order valence-electron chi connectivity index (χ2n) is 6.37. The maximum Gasteiger partial charge on any atom is 0.215 e. The summed E-state index contributed by atoms with van der Waals surface area (Å²) < 4.78 is 32.3. The summed E-state index contributed by atoms with van der Waals surface area (Å²) in [4.78, 5) is 2.38. The van der Waals surface area contributed by atoms with Crippen molar-refractivity contribution in [2.45, 2.75) is 25.5 Å². The van der Waals surface area contributed by atoms with Gasteiger partial charge in [0.1, 0.15) is 0 Å². The number of rotatable bonds is 8. The van der Waals surface area contributed by atoms with Crippen LogP contribution in [0.4, 0.5) is 0 Å². The van der Waals surface area contributed by atoms with Crippen molar-refractivity contribution in [1.82, 2.24) is 9.62 Å². The number of methoxy groups -OCH3 is 1. The van der Waals surface area contributed by atoms with Crippen LogP contribution in [0.2, 0.25) is 0 Å². The first-order valence-electron chi connectivity index (χ1n) is 8.22. The normalized spacial score (nSPS) is 17.5. The molecule has 1 aromatic carbocycles. The minimum Gasteiger partial charge on any atom is -0.383 e. The number of likely N-dealkylation sites (tertiary alicyclic amines) is 1. The van der Waals surface area contributed by atoms with Gasteiger partial charge in [-0.2, -0.15) is 0 Å². The lowest BCUT2D eigenvalue weighted by molar-refractivity contribution is 0.121. The van der Waals surface area contributed by atoms with Crippen molar-refractivity contribution < 1.29 is 13.2 Å². The van der Waals surface area contributed by atoms with Crippen LogP contribution < -0.4 is 4.72 Å². The molecular formula is C17H28N2O3S. The van der Waals surface area contributed by atoms with Gasteiger partial charge in [0.25, 0.3) is 0 Å². The van der Waals surface area contributed by atoms with E-state index in [0.717, 1.165) is 50.2 Å². The fraction of sp³-hybridized carbons (Fsp3) is 0.647. The van der Waals surface area contributed by atoms with Crippen LogP contribution in [0.5, 0.6) is 0 Å². The summed E-state index contributed by atoms with van der Waals surface area (Å²) in [5, 5.41) is 0. The minimum absolute atomic E-state index is 0.0555. The van der Waals surface area contributed by atoms with Crippen LogP contribution in [-0.2, 0) is 20.5 Å². The number of aryl methyl sites for hydroxylation is 1.